The fourth-order valence-corrected chi connectivity index (χ4v) is 4.27. The Morgan fingerprint density at radius 2 is 1.59 bits per heavy atom. The molecule has 0 amide bonds. The number of halogens is 3. The van der Waals surface area contributed by atoms with Crippen LogP contribution < -0.4 is 15.2 Å². The molecule has 2 aromatic carbocycles. The van der Waals surface area contributed by atoms with Gasteiger partial charge in [0.25, 0.3) is 0 Å². The fraction of sp³-hybridized carbons (Fsp3) is 0.290. The number of rotatable bonds is 10. The number of hydrogen-bond donors (Lipinski definition) is 1. The SMILES string of the molecule is COc1ccc(/C=C/C(=O)C(C(=O)/C=C/C2=CC(C)=C(C)CC2)C(N)c2cccc(C(F)(F)F)c2)cc1OC. The van der Waals surface area contributed by atoms with Gasteiger partial charge in [0.05, 0.1) is 19.8 Å². The molecule has 1 aliphatic carbocycles. The fourth-order valence-electron chi connectivity index (χ4n) is 4.27. The summed E-state index contributed by atoms with van der Waals surface area (Å²) in [5, 5.41) is 0. The Morgan fingerprint density at radius 1 is 0.923 bits per heavy atom. The highest BCUT2D eigenvalue weighted by molar-refractivity contribution is 6.13. The largest absolute Gasteiger partial charge is 0.493 e. The lowest BCUT2D eigenvalue weighted by Gasteiger charge is -2.21. The van der Waals surface area contributed by atoms with Crippen molar-refractivity contribution in [2.75, 3.05) is 14.2 Å². The van der Waals surface area contributed by atoms with Gasteiger partial charge in [-0.2, -0.15) is 13.2 Å². The molecule has 3 rings (SSSR count). The van der Waals surface area contributed by atoms with E-state index in [-0.39, 0.29) is 5.56 Å². The lowest BCUT2D eigenvalue weighted by molar-refractivity contribution is -0.137. The molecule has 0 radical (unpaired) electrons. The summed E-state index contributed by atoms with van der Waals surface area (Å²) in [6.07, 6.45) is 4.62. The zero-order valence-electron chi connectivity index (χ0n) is 22.3. The van der Waals surface area contributed by atoms with Crippen LogP contribution in [0.4, 0.5) is 13.2 Å². The van der Waals surface area contributed by atoms with Crippen molar-refractivity contribution in [2.45, 2.75) is 38.9 Å². The molecule has 0 aromatic heterocycles. The van der Waals surface area contributed by atoms with E-state index in [1.807, 2.05) is 19.9 Å². The Balaban J connectivity index is 1.95. The third kappa shape index (κ3) is 7.57. The van der Waals surface area contributed by atoms with Crippen molar-refractivity contribution < 1.29 is 32.2 Å². The molecule has 2 N–H and O–H groups in total. The van der Waals surface area contributed by atoms with Crippen LogP contribution in [0.1, 0.15) is 49.4 Å². The number of benzene rings is 2. The second-order valence-corrected chi connectivity index (χ2v) is 9.40. The van der Waals surface area contributed by atoms with E-state index in [0.717, 1.165) is 36.1 Å². The molecule has 5 nitrogen and oxygen atoms in total. The van der Waals surface area contributed by atoms with Gasteiger partial charge in [-0.3, -0.25) is 9.59 Å². The average molecular weight is 540 g/mol. The minimum Gasteiger partial charge on any atom is -0.493 e. The van der Waals surface area contributed by atoms with E-state index in [9.17, 15) is 22.8 Å². The molecule has 0 saturated heterocycles. The van der Waals surface area contributed by atoms with Gasteiger partial charge in [0.2, 0.25) is 0 Å². The van der Waals surface area contributed by atoms with E-state index >= 15 is 0 Å². The van der Waals surface area contributed by atoms with E-state index in [4.69, 9.17) is 15.2 Å². The third-order valence-corrected chi connectivity index (χ3v) is 6.74. The van der Waals surface area contributed by atoms with Crippen molar-refractivity contribution in [3.63, 3.8) is 0 Å². The van der Waals surface area contributed by atoms with Gasteiger partial charge in [-0.25, -0.2) is 0 Å². The van der Waals surface area contributed by atoms with E-state index in [0.29, 0.717) is 17.1 Å². The van der Waals surface area contributed by atoms with Crippen LogP contribution >= 0.6 is 0 Å². The van der Waals surface area contributed by atoms with Gasteiger partial charge in [0.1, 0.15) is 5.92 Å². The smallest absolute Gasteiger partial charge is 0.416 e. The van der Waals surface area contributed by atoms with Crippen molar-refractivity contribution in [2.24, 2.45) is 11.7 Å². The van der Waals surface area contributed by atoms with E-state index < -0.39 is 35.3 Å². The van der Waals surface area contributed by atoms with Crippen LogP contribution in [0.3, 0.4) is 0 Å². The number of hydrogen-bond acceptors (Lipinski definition) is 5. The molecule has 8 heteroatoms. The molecule has 0 spiro atoms. The highest BCUT2D eigenvalue weighted by atomic mass is 19.4. The van der Waals surface area contributed by atoms with Gasteiger partial charge in [-0.1, -0.05) is 47.6 Å². The van der Waals surface area contributed by atoms with Crippen molar-refractivity contribution in [1.82, 2.24) is 0 Å². The van der Waals surface area contributed by atoms with Crippen LogP contribution in [-0.2, 0) is 15.8 Å². The zero-order chi connectivity index (χ0) is 28.7. The zero-order valence-corrected chi connectivity index (χ0v) is 22.3. The second kappa shape index (κ2) is 12.8. The summed E-state index contributed by atoms with van der Waals surface area (Å²) in [7, 11) is 2.98. The van der Waals surface area contributed by atoms with Crippen LogP contribution in [-0.4, -0.2) is 25.8 Å². The molecule has 1 aliphatic rings. The molecule has 0 saturated carbocycles. The van der Waals surface area contributed by atoms with Crippen LogP contribution in [0.5, 0.6) is 11.5 Å². The number of alkyl halides is 3. The monoisotopic (exact) mass is 539 g/mol. The van der Waals surface area contributed by atoms with Gasteiger partial charge in [0.15, 0.2) is 23.1 Å². The lowest BCUT2D eigenvalue weighted by Crippen LogP contribution is -2.33. The Kier molecular flexibility index (Phi) is 9.70. The standard InChI is InChI=1S/C31H32F3NO4/c1-19-8-9-21(16-20(19)2)10-13-25(36)29(30(35)23-6-5-7-24(18-23)31(32,33)34)26(37)14-11-22-12-15-27(38-3)28(17-22)39-4/h5-7,10-18,29-30H,8-9,35H2,1-4H3/b13-10+,14-11+. The molecule has 206 valence electrons. The molecular weight excluding hydrogens is 507 g/mol. The summed E-state index contributed by atoms with van der Waals surface area (Å²) < 4.78 is 50.5. The van der Waals surface area contributed by atoms with Crippen molar-refractivity contribution in [1.29, 1.82) is 0 Å². The summed E-state index contributed by atoms with van der Waals surface area (Å²) in [5.74, 6) is -1.70. The van der Waals surface area contributed by atoms with Gasteiger partial charge < -0.3 is 15.2 Å². The Morgan fingerprint density at radius 3 is 2.21 bits per heavy atom. The first-order valence-electron chi connectivity index (χ1n) is 12.4. The van der Waals surface area contributed by atoms with Crippen molar-refractivity contribution >= 4 is 17.6 Å². The predicted molar refractivity (Wildman–Crippen MR) is 145 cm³/mol. The maximum Gasteiger partial charge on any atom is 0.416 e. The van der Waals surface area contributed by atoms with E-state index in [1.54, 1.807) is 24.3 Å². The molecule has 0 aliphatic heterocycles. The summed E-state index contributed by atoms with van der Waals surface area (Å²) in [6, 6.07) is 8.11. The Labute approximate surface area is 226 Å². The molecule has 39 heavy (non-hydrogen) atoms. The molecular formula is C31H32F3NO4. The van der Waals surface area contributed by atoms with Crippen LogP contribution in [0, 0.1) is 5.92 Å². The van der Waals surface area contributed by atoms with E-state index in [2.05, 4.69) is 0 Å². The third-order valence-electron chi connectivity index (χ3n) is 6.74. The van der Waals surface area contributed by atoms with Crippen LogP contribution in [0.25, 0.3) is 6.08 Å². The van der Waals surface area contributed by atoms with Crippen molar-refractivity contribution in [3.05, 3.63) is 100 Å². The Hall–Kier alpha value is -3.91. The molecule has 2 atom stereocenters. The first kappa shape index (κ1) is 29.6. The number of carbonyl (C=O) groups is 2. The van der Waals surface area contributed by atoms with Gasteiger partial charge >= 0.3 is 6.18 Å². The maximum atomic E-state index is 13.4. The molecule has 0 heterocycles. The summed E-state index contributed by atoms with van der Waals surface area (Å²) in [5.41, 5.74) is 9.34. The lowest BCUT2D eigenvalue weighted by atomic mass is 9.85. The maximum absolute atomic E-state index is 13.4. The summed E-state index contributed by atoms with van der Waals surface area (Å²) >= 11 is 0. The Bertz CT molecular complexity index is 1350. The highest BCUT2D eigenvalue weighted by Gasteiger charge is 2.34. The topological polar surface area (TPSA) is 78.6 Å². The molecule has 0 fully saturated rings. The van der Waals surface area contributed by atoms with Crippen LogP contribution in [0.2, 0.25) is 0 Å². The number of methoxy groups -OCH3 is 2. The van der Waals surface area contributed by atoms with Gasteiger partial charge in [0, 0.05) is 6.04 Å². The number of allylic oxidation sites excluding steroid dienone is 7. The molecule has 2 unspecified atom stereocenters. The molecule has 2 aromatic rings. The number of carbonyl (C=O) groups excluding carboxylic acids is 2. The second-order valence-electron chi connectivity index (χ2n) is 9.40. The quantitative estimate of drug-likeness (QED) is 0.265. The average Bonchev–Trinajstić information content (AvgIpc) is 2.92. The van der Waals surface area contributed by atoms with E-state index in [1.165, 1.54) is 50.2 Å². The highest BCUT2D eigenvalue weighted by Crippen LogP contribution is 2.33. The normalized spacial score (nSPS) is 15.8. The summed E-state index contributed by atoms with van der Waals surface area (Å²) in [6.45, 7) is 4.03. The first-order chi connectivity index (χ1) is 18.4. The minimum absolute atomic E-state index is 0.0377. The van der Waals surface area contributed by atoms with Crippen LogP contribution in [0.15, 0.2) is 83.5 Å². The van der Waals surface area contributed by atoms with Gasteiger partial charge in [-0.05, 0) is 79.8 Å². The minimum atomic E-state index is -4.59. The number of ether oxygens (including phenoxy) is 2. The predicted octanol–water partition coefficient (Wildman–Crippen LogP) is 6.80. The van der Waals surface area contributed by atoms with Gasteiger partial charge in [-0.15, -0.1) is 0 Å². The number of nitrogens with two attached hydrogens (primary N) is 1. The first-order valence-corrected chi connectivity index (χ1v) is 12.4. The molecule has 0 bridgehead atoms. The summed E-state index contributed by atoms with van der Waals surface area (Å²) in [4.78, 5) is 26.7. The number of ketones is 2. The van der Waals surface area contributed by atoms with Crippen molar-refractivity contribution in [3.8, 4) is 11.5 Å².